The van der Waals surface area contributed by atoms with Crippen molar-refractivity contribution in [3.8, 4) is 17.6 Å². The summed E-state index contributed by atoms with van der Waals surface area (Å²) in [5.74, 6) is 6.74. The average molecular weight is 364 g/mol. The van der Waals surface area contributed by atoms with Crippen LogP contribution in [0.25, 0.3) is 10.2 Å². The molecule has 26 heavy (non-hydrogen) atoms. The van der Waals surface area contributed by atoms with Crippen LogP contribution >= 0.6 is 11.3 Å². The molecule has 1 aromatic heterocycles. The fourth-order valence-electron chi connectivity index (χ4n) is 2.51. The molecular formula is C21H20N2O2S. The number of anilines is 1. The summed E-state index contributed by atoms with van der Waals surface area (Å²) in [7, 11) is 1.77. The topological polar surface area (TPSA) is 42.4 Å². The van der Waals surface area contributed by atoms with Crippen LogP contribution in [0.3, 0.4) is 0 Å². The van der Waals surface area contributed by atoms with Crippen molar-refractivity contribution in [2.45, 2.75) is 19.8 Å². The number of nitrogens with zero attached hydrogens (tertiary/aromatic N) is 2. The van der Waals surface area contributed by atoms with Gasteiger partial charge in [-0.3, -0.25) is 4.79 Å². The summed E-state index contributed by atoms with van der Waals surface area (Å²) in [6.07, 6.45) is 1.55. The van der Waals surface area contributed by atoms with E-state index in [0.29, 0.717) is 18.6 Å². The van der Waals surface area contributed by atoms with Gasteiger partial charge in [0.25, 0.3) is 5.91 Å². The fourth-order valence-corrected chi connectivity index (χ4v) is 3.23. The highest BCUT2D eigenvalue weighted by Crippen LogP contribution is 2.24. The molecule has 0 aliphatic heterocycles. The van der Waals surface area contributed by atoms with Crippen molar-refractivity contribution in [2.75, 3.05) is 18.6 Å². The number of amides is 1. The highest BCUT2D eigenvalue weighted by molar-refractivity contribution is 7.16. The molecule has 0 radical (unpaired) electrons. The molecular weight excluding hydrogens is 344 g/mol. The third-order valence-corrected chi connectivity index (χ3v) is 4.68. The summed E-state index contributed by atoms with van der Waals surface area (Å²) < 4.78 is 6.74. The van der Waals surface area contributed by atoms with E-state index in [9.17, 15) is 4.79 Å². The van der Waals surface area contributed by atoms with E-state index in [2.05, 4.69) is 16.8 Å². The molecule has 0 unspecified atom stereocenters. The normalized spacial score (nSPS) is 10.2. The molecule has 1 heterocycles. The van der Waals surface area contributed by atoms with Gasteiger partial charge in [0.2, 0.25) is 0 Å². The lowest BCUT2D eigenvalue weighted by molar-refractivity contribution is 0.0993. The van der Waals surface area contributed by atoms with Gasteiger partial charge in [0.1, 0.15) is 5.75 Å². The van der Waals surface area contributed by atoms with Gasteiger partial charge in [-0.25, -0.2) is 4.98 Å². The standard InChI is InChI=1S/C21H20N2O2S/c1-3-4-5-6-12-25-18-9-7-8-17(14-18)23(2)21(24)16-10-11-19-20(13-16)26-15-22-19/h7-11,13-15H,3,6,12H2,1-2H3. The third kappa shape index (κ3) is 4.22. The highest BCUT2D eigenvalue weighted by atomic mass is 32.1. The van der Waals surface area contributed by atoms with E-state index in [-0.39, 0.29) is 5.91 Å². The second kappa shape index (κ2) is 8.50. The molecule has 0 aliphatic carbocycles. The summed E-state index contributed by atoms with van der Waals surface area (Å²) in [6, 6.07) is 13.1. The van der Waals surface area contributed by atoms with Crippen LogP contribution in [0, 0.1) is 11.8 Å². The van der Waals surface area contributed by atoms with Gasteiger partial charge in [-0.05, 0) is 30.3 Å². The first-order valence-corrected chi connectivity index (χ1v) is 9.37. The van der Waals surface area contributed by atoms with E-state index in [1.54, 1.807) is 17.5 Å². The summed E-state index contributed by atoms with van der Waals surface area (Å²) in [4.78, 5) is 18.7. The lowest BCUT2D eigenvalue weighted by Gasteiger charge is -2.18. The molecule has 4 nitrogen and oxygen atoms in total. The number of rotatable bonds is 5. The molecule has 0 bridgehead atoms. The van der Waals surface area contributed by atoms with Gasteiger partial charge in [-0.2, -0.15) is 0 Å². The van der Waals surface area contributed by atoms with Gasteiger partial charge in [-0.15, -0.1) is 17.3 Å². The second-order valence-electron chi connectivity index (χ2n) is 5.70. The Morgan fingerprint density at radius 1 is 1.23 bits per heavy atom. The number of benzene rings is 2. The summed E-state index contributed by atoms with van der Waals surface area (Å²) >= 11 is 1.53. The summed E-state index contributed by atoms with van der Waals surface area (Å²) in [5, 5.41) is 0. The molecule has 5 heteroatoms. The number of ether oxygens (including phenoxy) is 1. The van der Waals surface area contributed by atoms with Gasteiger partial charge in [0.05, 0.1) is 22.3 Å². The number of aromatic nitrogens is 1. The summed E-state index contributed by atoms with van der Waals surface area (Å²) in [5.41, 5.74) is 4.13. The van der Waals surface area contributed by atoms with Crippen molar-refractivity contribution in [1.29, 1.82) is 0 Å². The molecule has 3 aromatic rings. The third-order valence-electron chi connectivity index (χ3n) is 3.89. The number of hydrogen-bond acceptors (Lipinski definition) is 4. The Kier molecular flexibility index (Phi) is 5.88. The molecule has 0 atom stereocenters. The Morgan fingerprint density at radius 2 is 2.12 bits per heavy atom. The van der Waals surface area contributed by atoms with Crippen LogP contribution in [0.1, 0.15) is 30.1 Å². The van der Waals surface area contributed by atoms with Crippen LogP contribution in [-0.4, -0.2) is 24.5 Å². The zero-order chi connectivity index (χ0) is 18.4. The Bertz CT molecular complexity index is 969. The number of thiazole rings is 1. The van der Waals surface area contributed by atoms with Gasteiger partial charge >= 0.3 is 0 Å². The number of carbonyl (C=O) groups excluding carboxylic acids is 1. The Labute approximate surface area is 157 Å². The van der Waals surface area contributed by atoms with Crippen molar-refractivity contribution in [2.24, 2.45) is 0 Å². The Morgan fingerprint density at radius 3 is 2.96 bits per heavy atom. The summed E-state index contributed by atoms with van der Waals surface area (Å²) in [6.45, 7) is 2.56. The quantitative estimate of drug-likeness (QED) is 0.484. The predicted molar refractivity (Wildman–Crippen MR) is 107 cm³/mol. The van der Waals surface area contributed by atoms with E-state index in [1.807, 2.05) is 49.4 Å². The Hall–Kier alpha value is -2.84. The van der Waals surface area contributed by atoms with Gasteiger partial charge in [0, 0.05) is 37.2 Å². The lowest BCUT2D eigenvalue weighted by Crippen LogP contribution is -2.26. The Balaban J connectivity index is 1.71. The number of fused-ring (bicyclic) bond motifs is 1. The molecule has 0 N–H and O–H groups in total. The van der Waals surface area contributed by atoms with E-state index < -0.39 is 0 Å². The smallest absolute Gasteiger partial charge is 0.258 e. The molecule has 0 saturated heterocycles. The zero-order valence-corrected chi connectivity index (χ0v) is 15.7. The van der Waals surface area contributed by atoms with Crippen molar-refractivity contribution >= 4 is 33.1 Å². The molecule has 3 rings (SSSR count). The minimum atomic E-state index is -0.0636. The van der Waals surface area contributed by atoms with Crippen LogP contribution in [-0.2, 0) is 0 Å². The maximum Gasteiger partial charge on any atom is 0.258 e. The van der Waals surface area contributed by atoms with Gasteiger partial charge < -0.3 is 9.64 Å². The van der Waals surface area contributed by atoms with Crippen LogP contribution < -0.4 is 9.64 Å². The molecule has 0 spiro atoms. The lowest BCUT2D eigenvalue weighted by atomic mass is 10.1. The maximum absolute atomic E-state index is 12.8. The first-order valence-electron chi connectivity index (χ1n) is 8.49. The minimum absolute atomic E-state index is 0.0636. The van der Waals surface area contributed by atoms with Crippen molar-refractivity contribution in [3.05, 3.63) is 53.5 Å². The van der Waals surface area contributed by atoms with E-state index in [4.69, 9.17) is 4.74 Å². The van der Waals surface area contributed by atoms with Crippen molar-refractivity contribution < 1.29 is 9.53 Å². The number of carbonyl (C=O) groups is 1. The zero-order valence-electron chi connectivity index (χ0n) is 14.9. The largest absolute Gasteiger partial charge is 0.493 e. The predicted octanol–water partition coefficient (Wildman–Crippen LogP) is 4.76. The average Bonchev–Trinajstić information content (AvgIpc) is 3.14. The van der Waals surface area contributed by atoms with Crippen molar-refractivity contribution in [1.82, 2.24) is 4.98 Å². The van der Waals surface area contributed by atoms with Crippen LogP contribution in [0.5, 0.6) is 5.75 Å². The molecule has 2 aromatic carbocycles. The van der Waals surface area contributed by atoms with E-state index >= 15 is 0 Å². The van der Waals surface area contributed by atoms with Crippen molar-refractivity contribution in [3.63, 3.8) is 0 Å². The highest BCUT2D eigenvalue weighted by Gasteiger charge is 2.15. The number of hydrogen-bond donors (Lipinski definition) is 0. The first kappa shape index (κ1) is 18.0. The molecule has 0 aliphatic rings. The van der Waals surface area contributed by atoms with E-state index in [1.165, 1.54) is 11.3 Å². The monoisotopic (exact) mass is 364 g/mol. The molecule has 0 fully saturated rings. The van der Waals surface area contributed by atoms with Crippen LogP contribution in [0.4, 0.5) is 5.69 Å². The van der Waals surface area contributed by atoms with E-state index in [0.717, 1.165) is 28.1 Å². The second-order valence-corrected chi connectivity index (χ2v) is 6.59. The molecule has 0 saturated carbocycles. The molecule has 132 valence electrons. The fraction of sp³-hybridized carbons (Fsp3) is 0.238. The van der Waals surface area contributed by atoms with Gasteiger partial charge in [-0.1, -0.05) is 18.9 Å². The molecule has 1 amide bonds. The minimum Gasteiger partial charge on any atom is -0.493 e. The maximum atomic E-state index is 12.8. The van der Waals surface area contributed by atoms with Crippen LogP contribution in [0.2, 0.25) is 0 Å². The first-order chi connectivity index (χ1) is 12.7. The SMILES string of the molecule is CCC#CCCOc1cccc(N(C)C(=O)c2ccc3ncsc3c2)c1. The van der Waals surface area contributed by atoms with Crippen LogP contribution in [0.15, 0.2) is 48.0 Å². The van der Waals surface area contributed by atoms with Gasteiger partial charge in [0.15, 0.2) is 0 Å².